The van der Waals surface area contributed by atoms with E-state index >= 15 is 0 Å². The zero-order chi connectivity index (χ0) is 17.5. The molecule has 1 aromatic carbocycles. The van der Waals surface area contributed by atoms with Crippen LogP contribution in [0.3, 0.4) is 0 Å². The van der Waals surface area contributed by atoms with E-state index in [9.17, 15) is 9.59 Å². The van der Waals surface area contributed by atoms with E-state index in [0.29, 0.717) is 16.8 Å². The largest absolute Gasteiger partial charge is 0.340 e. The number of aromatic nitrogens is 1. The van der Waals surface area contributed by atoms with E-state index in [0.717, 1.165) is 11.3 Å². The van der Waals surface area contributed by atoms with Gasteiger partial charge in [0.2, 0.25) is 0 Å². The lowest BCUT2D eigenvalue weighted by atomic mass is 10.1. The second-order valence-electron chi connectivity index (χ2n) is 5.42. The molecule has 0 aliphatic heterocycles. The SMILES string of the molecule is CSCCC(NC(=O)c1cccc(C)c1)C(=O)N=c1sccn1C. The van der Waals surface area contributed by atoms with Crippen LogP contribution in [0, 0.1) is 6.92 Å². The molecule has 0 saturated heterocycles. The summed E-state index contributed by atoms with van der Waals surface area (Å²) in [5.41, 5.74) is 1.56. The van der Waals surface area contributed by atoms with E-state index in [-0.39, 0.29) is 11.8 Å². The molecule has 0 fully saturated rings. The van der Waals surface area contributed by atoms with E-state index < -0.39 is 6.04 Å². The van der Waals surface area contributed by atoms with Crippen molar-refractivity contribution in [1.82, 2.24) is 9.88 Å². The van der Waals surface area contributed by atoms with Crippen LogP contribution in [0.4, 0.5) is 0 Å². The van der Waals surface area contributed by atoms with E-state index in [4.69, 9.17) is 0 Å². The minimum atomic E-state index is -0.618. The molecule has 0 bridgehead atoms. The van der Waals surface area contributed by atoms with Crippen molar-refractivity contribution < 1.29 is 9.59 Å². The van der Waals surface area contributed by atoms with Gasteiger partial charge >= 0.3 is 0 Å². The lowest BCUT2D eigenvalue weighted by Crippen LogP contribution is -2.41. The van der Waals surface area contributed by atoms with Gasteiger partial charge in [0, 0.05) is 24.2 Å². The number of nitrogens with zero attached hydrogens (tertiary/aromatic N) is 2. The zero-order valence-electron chi connectivity index (χ0n) is 14.0. The molecule has 1 heterocycles. The lowest BCUT2D eigenvalue weighted by molar-refractivity contribution is -0.119. The summed E-state index contributed by atoms with van der Waals surface area (Å²) in [6, 6.07) is 6.70. The molecule has 1 aromatic heterocycles. The third-order valence-electron chi connectivity index (χ3n) is 3.46. The van der Waals surface area contributed by atoms with Crippen molar-refractivity contribution >= 4 is 34.9 Å². The van der Waals surface area contributed by atoms with Crippen LogP contribution in [0.15, 0.2) is 40.8 Å². The topological polar surface area (TPSA) is 63.5 Å². The van der Waals surface area contributed by atoms with Gasteiger partial charge in [0.25, 0.3) is 11.8 Å². The highest BCUT2D eigenvalue weighted by Crippen LogP contribution is 2.07. The number of amides is 2. The van der Waals surface area contributed by atoms with Crippen molar-refractivity contribution in [2.75, 3.05) is 12.0 Å². The average Bonchev–Trinajstić information content (AvgIpc) is 2.96. The van der Waals surface area contributed by atoms with Crippen LogP contribution < -0.4 is 10.1 Å². The van der Waals surface area contributed by atoms with Crippen LogP contribution >= 0.6 is 23.1 Å². The molecule has 2 rings (SSSR count). The minimum absolute atomic E-state index is 0.246. The summed E-state index contributed by atoms with van der Waals surface area (Å²) in [6.45, 7) is 1.93. The monoisotopic (exact) mass is 363 g/mol. The normalized spacial score (nSPS) is 12.9. The van der Waals surface area contributed by atoms with Crippen LogP contribution in [-0.2, 0) is 11.8 Å². The zero-order valence-corrected chi connectivity index (χ0v) is 15.6. The molecular weight excluding hydrogens is 342 g/mol. The van der Waals surface area contributed by atoms with Gasteiger partial charge in [-0.05, 0) is 37.5 Å². The number of rotatable bonds is 6. The Morgan fingerprint density at radius 3 is 2.83 bits per heavy atom. The predicted molar refractivity (Wildman–Crippen MR) is 99.3 cm³/mol. The van der Waals surface area contributed by atoms with E-state index in [1.807, 2.05) is 50.0 Å². The third kappa shape index (κ3) is 5.07. The fourth-order valence-corrected chi connectivity index (χ4v) is 3.33. The molecule has 2 aromatic rings. The molecule has 2 amide bonds. The van der Waals surface area contributed by atoms with Gasteiger partial charge in [-0.25, -0.2) is 0 Å². The first-order valence-electron chi connectivity index (χ1n) is 7.56. The molecule has 0 aliphatic rings. The number of benzene rings is 1. The fraction of sp³-hybridized carbons (Fsp3) is 0.353. The van der Waals surface area contributed by atoms with Gasteiger partial charge in [-0.3, -0.25) is 9.59 Å². The Morgan fingerprint density at radius 1 is 1.42 bits per heavy atom. The maximum Gasteiger partial charge on any atom is 0.270 e. The average molecular weight is 364 g/mol. The summed E-state index contributed by atoms with van der Waals surface area (Å²) in [6.07, 6.45) is 4.37. The Morgan fingerprint density at radius 2 is 2.21 bits per heavy atom. The highest BCUT2D eigenvalue weighted by Gasteiger charge is 2.21. The molecule has 1 unspecified atom stereocenters. The molecule has 128 valence electrons. The first kappa shape index (κ1) is 18.5. The Kier molecular flexibility index (Phi) is 6.81. The minimum Gasteiger partial charge on any atom is -0.340 e. The first-order valence-corrected chi connectivity index (χ1v) is 9.84. The lowest BCUT2D eigenvalue weighted by Gasteiger charge is -2.15. The highest BCUT2D eigenvalue weighted by molar-refractivity contribution is 7.98. The summed E-state index contributed by atoms with van der Waals surface area (Å²) in [5, 5.41) is 4.70. The van der Waals surface area contributed by atoms with Gasteiger partial charge in [-0.2, -0.15) is 16.8 Å². The number of thiazole rings is 1. The Labute approximate surface area is 149 Å². The van der Waals surface area contributed by atoms with E-state index in [1.54, 1.807) is 22.4 Å². The quantitative estimate of drug-likeness (QED) is 0.857. The number of aryl methyl sites for hydroxylation is 2. The third-order valence-corrected chi connectivity index (χ3v) is 4.95. The molecule has 1 atom stereocenters. The number of carbonyl (C=O) groups is 2. The molecule has 0 aliphatic carbocycles. The number of nitrogens with one attached hydrogen (secondary N) is 1. The Balaban J connectivity index is 2.17. The molecule has 0 spiro atoms. The molecule has 0 radical (unpaired) electrons. The van der Waals surface area contributed by atoms with Crippen molar-refractivity contribution in [2.45, 2.75) is 19.4 Å². The first-order chi connectivity index (χ1) is 11.5. The number of hydrogen-bond acceptors (Lipinski definition) is 4. The summed E-state index contributed by atoms with van der Waals surface area (Å²) in [4.78, 5) is 29.7. The second-order valence-corrected chi connectivity index (χ2v) is 7.28. The number of hydrogen-bond donors (Lipinski definition) is 1. The molecule has 24 heavy (non-hydrogen) atoms. The predicted octanol–water partition coefficient (Wildman–Crippen LogP) is 2.37. The Hall–Kier alpha value is -1.86. The van der Waals surface area contributed by atoms with Crippen LogP contribution in [0.25, 0.3) is 0 Å². The summed E-state index contributed by atoms with van der Waals surface area (Å²) >= 11 is 3.03. The van der Waals surface area contributed by atoms with Gasteiger partial charge in [-0.1, -0.05) is 17.7 Å². The van der Waals surface area contributed by atoms with Gasteiger partial charge in [-0.15, -0.1) is 11.3 Å². The van der Waals surface area contributed by atoms with Crippen LogP contribution in [0.5, 0.6) is 0 Å². The van der Waals surface area contributed by atoms with Gasteiger partial charge < -0.3 is 9.88 Å². The Bertz CT molecular complexity index is 780. The summed E-state index contributed by atoms with van der Waals surface area (Å²) < 4.78 is 1.79. The fourth-order valence-electron chi connectivity index (χ4n) is 2.13. The van der Waals surface area contributed by atoms with Gasteiger partial charge in [0.1, 0.15) is 6.04 Å². The van der Waals surface area contributed by atoms with E-state index in [2.05, 4.69) is 10.3 Å². The van der Waals surface area contributed by atoms with Gasteiger partial charge in [0.15, 0.2) is 4.80 Å². The van der Waals surface area contributed by atoms with Crippen molar-refractivity contribution in [3.05, 3.63) is 51.8 Å². The van der Waals surface area contributed by atoms with Crippen molar-refractivity contribution in [2.24, 2.45) is 12.0 Å². The molecular formula is C17H21N3O2S2. The standard InChI is InChI=1S/C17H21N3O2S2/c1-12-5-4-6-13(11-12)15(21)18-14(7-9-23-3)16(22)19-17-20(2)8-10-24-17/h4-6,8,10-11,14H,7,9H2,1-3H3,(H,18,21). The summed E-state index contributed by atoms with van der Waals surface area (Å²) in [7, 11) is 1.84. The summed E-state index contributed by atoms with van der Waals surface area (Å²) in [5.74, 6) is 0.211. The van der Waals surface area contributed by atoms with Crippen LogP contribution in [0.1, 0.15) is 22.3 Å². The highest BCUT2D eigenvalue weighted by atomic mass is 32.2. The smallest absolute Gasteiger partial charge is 0.270 e. The van der Waals surface area contributed by atoms with Crippen LogP contribution in [-0.4, -0.2) is 34.4 Å². The second kappa shape index (κ2) is 8.84. The van der Waals surface area contributed by atoms with Crippen molar-refractivity contribution in [1.29, 1.82) is 0 Å². The molecule has 0 saturated carbocycles. The maximum atomic E-state index is 12.5. The maximum absolute atomic E-state index is 12.5. The van der Waals surface area contributed by atoms with Gasteiger partial charge in [0.05, 0.1) is 0 Å². The van der Waals surface area contributed by atoms with Crippen molar-refractivity contribution in [3.63, 3.8) is 0 Å². The molecule has 5 nitrogen and oxygen atoms in total. The number of thioether (sulfide) groups is 1. The van der Waals surface area contributed by atoms with E-state index in [1.165, 1.54) is 11.3 Å². The number of carbonyl (C=O) groups excluding carboxylic acids is 2. The van der Waals surface area contributed by atoms with Crippen LogP contribution in [0.2, 0.25) is 0 Å². The molecule has 7 heteroatoms. The molecule has 1 N–H and O–H groups in total. The van der Waals surface area contributed by atoms with Crippen molar-refractivity contribution in [3.8, 4) is 0 Å².